The molecule has 32 heavy (non-hydrogen) atoms. The van der Waals surface area contributed by atoms with Crippen LogP contribution >= 0.6 is 23.2 Å². The first kappa shape index (κ1) is 20.9. The van der Waals surface area contributed by atoms with Crippen LogP contribution in [-0.2, 0) is 0 Å². The van der Waals surface area contributed by atoms with Crippen LogP contribution in [0.5, 0.6) is 5.75 Å². The quantitative estimate of drug-likeness (QED) is 0.397. The highest BCUT2D eigenvalue weighted by molar-refractivity contribution is 6.32. The van der Waals surface area contributed by atoms with Crippen molar-refractivity contribution >= 4 is 28.8 Å². The van der Waals surface area contributed by atoms with E-state index in [1.807, 2.05) is 0 Å². The van der Waals surface area contributed by atoms with Gasteiger partial charge in [0.15, 0.2) is 0 Å². The molecule has 10 heteroatoms. The molecular weight excluding hydrogens is 463 g/mol. The fourth-order valence-corrected chi connectivity index (χ4v) is 4.67. The second kappa shape index (κ2) is 7.88. The lowest BCUT2D eigenvalue weighted by Crippen LogP contribution is -2.08. The largest absolute Gasteiger partial charge is 0.435 e. The second-order valence-electron chi connectivity index (χ2n) is 7.44. The number of aliphatic hydroxyl groups is 1. The molecule has 0 aliphatic heterocycles. The molecule has 0 saturated heterocycles. The van der Waals surface area contributed by atoms with E-state index in [2.05, 4.69) is 9.97 Å². The van der Waals surface area contributed by atoms with Gasteiger partial charge in [-0.25, -0.2) is 4.98 Å². The number of nitrogens with one attached hydrogen (secondary N) is 1. The number of halogens is 4. The zero-order valence-corrected chi connectivity index (χ0v) is 17.7. The standard InChI is InChI=1S/C22H15Cl2F2N3O3/c23-11-2-4-16(32-22(25)26)13(7-11)14-8-15(30)19-20(14)29-9-10(1-5-17(29)27-19)12-3-6-18(31)28-21(12)24/h1-7,9,14-15,22,30H,8H2,(H,28,31). The van der Waals surface area contributed by atoms with Gasteiger partial charge in [-0.15, -0.1) is 0 Å². The average molecular weight is 478 g/mol. The molecule has 2 atom stereocenters. The van der Waals surface area contributed by atoms with Gasteiger partial charge in [0.2, 0.25) is 5.56 Å². The number of H-pyrrole nitrogens is 1. The first-order chi connectivity index (χ1) is 15.3. The zero-order chi connectivity index (χ0) is 22.6. The predicted molar refractivity (Wildman–Crippen MR) is 116 cm³/mol. The molecule has 164 valence electrons. The zero-order valence-electron chi connectivity index (χ0n) is 16.2. The lowest BCUT2D eigenvalue weighted by molar-refractivity contribution is -0.0505. The Morgan fingerprint density at radius 1 is 1.19 bits per heavy atom. The van der Waals surface area contributed by atoms with Crippen LogP contribution in [0.3, 0.4) is 0 Å². The van der Waals surface area contributed by atoms with E-state index in [0.717, 1.165) is 0 Å². The van der Waals surface area contributed by atoms with Crippen LogP contribution in [0.4, 0.5) is 8.78 Å². The lowest BCUT2D eigenvalue weighted by atomic mass is 9.95. The van der Waals surface area contributed by atoms with E-state index in [9.17, 15) is 18.7 Å². The number of aromatic nitrogens is 3. The smallest absolute Gasteiger partial charge is 0.387 e. The molecule has 2 N–H and O–H groups in total. The van der Waals surface area contributed by atoms with Gasteiger partial charge >= 0.3 is 6.61 Å². The molecule has 4 aromatic rings. The van der Waals surface area contributed by atoms with Crippen LogP contribution < -0.4 is 10.3 Å². The summed E-state index contributed by atoms with van der Waals surface area (Å²) in [6.45, 7) is -3.00. The van der Waals surface area contributed by atoms with E-state index in [0.29, 0.717) is 38.7 Å². The molecule has 3 aromatic heterocycles. The maximum absolute atomic E-state index is 13.0. The second-order valence-corrected chi connectivity index (χ2v) is 8.26. The van der Waals surface area contributed by atoms with E-state index >= 15 is 0 Å². The predicted octanol–water partition coefficient (Wildman–Crippen LogP) is 5.17. The van der Waals surface area contributed by atoms with Gasteiger partial charge in [-0.2, -0.15) is 8.78 Å². The number of ether oxygens (including phenoxy) is 1. The molecule has 6 nitrogen and oxygen atoms in total. The summed E-state index contributed by atoms with van der Waals surface area (Å²) < 4.78 is 32.5. The number of aliphatic hydroxyl groups excluding tert-OH is 1. The van der Waals surface area contributed by atoms with Gasteiger partial charge in [0, 0.05) is 39.9 Å². The summed E-state index contributed by atoms with van der Waals surface area (Å²) in [6, 6.07) is 11.0. The number of pyridine rings is 2. The fraction of sp³-hybridized carbons (Fsp3) is 0.182. The highest BCUT2D eigenvalue weighted by Crippen LogP contribution is 2.47. The topological polar surface area (TPSA) is 79.6 Å². The van der Waals surface area contributed by atoms with Gasteiger partial charge < -0.3 is 19.2 Å². The van der Waals surface area contributed by atoms with Crippen LogP contribution in [0.15, 0.2) is 53.5 Å². The Morgan fingerprint density at radius 3 is 2.75 bits per heavy atom. The van der Waals surface area contributed by atoms with E-state index in [4.69, 9.17) is 27.9 Å². The first-order valence-corrected chi connectivity index (χ1v) is 10.4. The van der Waals surface area contributed by atoms with Crippen molar-refractivity contribution in [2.24, 2.45) is 0 Å². The molecule has 3 heterocycles. The van der Waals surface area contributed by atoms with Gasteiger partial charge in [-0.3, -0.25) is 4.79 Å². The van der Waals surface area contributed by atoms with Crippen molar-refractivity contribution in [2.45, 2.75) is 25.1 Å². The monoisotopic (exact) mass is 477 g/mol. The number of imidazole rings is 1. The lowest BCUT2D eigenvalue weighted by Gasteiger charge is -2.18. The molecule has 0 bridgehead atoms. The molecule has 0 saturated carbocycles. The number of hydrogen-bond donors (Lipinski definition) is 2. The Morgan fingerprint density at radius 2 is 2.00 bits per heavy atom. The highest BCUT2D eigenvalue weighted by Gasteiger charge is 2.37. The van der Waals surface area contributed by atoms with Gasteiger partial charge in [0.25, 0.3) is 0 Å². The van der Waals surface area contributed by atoms with Gasteiger partial charge in [-0.05, 0) is 42.8 Å². The Hall–Kier alpha value is -2.94. The number of hydrogen-bond acceptors (Lipinski definition) is 4. The summed E-state index contributed by atoms with van der Waals surface area (Å²) in [6.07, 6.45) is 1.14. The Balaban J connectivity index is 1.69. The first-order valence-electron chi connectivity index (χ1n) is 9.65. The van der Waals surface area contributed by atoms with Crippen molar-refractivity contribution in [2.75, 3.05) is 0 Å². The van der Waals surface area contributed by atoms with E-state index < -0.39 is 18.6 Å². The molecule has 5 rings (SSSR count). The summed E-state index contributed by atoms with van der Waals surface area (Å²) in [5.41, 5.74) is 3.11. The van der Waals surface area contributed by atoms with Crippen molar-refractivity contribution in [3.8, 4) is 16.9 Å². The van der Waals surface area contributed by atoms with E-state index in [-0.39, 0.29) is 22.9 Å². The Bertz CT molecular complexity index is 1400. The third kappa shape index (κ3) is 3.54. The maximum Gasteiger partial charge on any atom is 0.387 e. The molecule has 1 aliphatic rings. The van der Waals surface area contributed by atoms with Crippen molar-refractivity contribution in [1.29, 1.82) is 0 Å². The maximum atomic E-state index is 13.0. The van der Waals surface area contributed by atoms with E-state index in [1.165, 1.54) is 18.2 Å². The average Bonchev–Trinajstić information content (AvgIpc) is 3.26. The molecular formula is C22H15Cl2F2N3O3. The number of rotatable bonds is 4. The van der Waals surface area contributed by atoms with Crippen LogP contribution in [0, 0.1) is 0 Å². The van der Waals surface area contributed by atoms with Gasteiger partial charge in [-0.1, -0.05) is 23.2 Å². The van der Waals surface area contributed by atoms with Crippen molar-refractivity contribution < 1.29 is 18.6 Å². The molecule has 0 radical (unpaired) electrons. The number of aromatic amines is 1. The minimum atomic E-state index is -3.00. The van der Waals surface area contributed by atoms with Crippen LogP contribution in [0.1, 0.15) is 35.4 Å². The minimum Gasteiger partial charge on any atom is -0.435 e. The van der Waals surface area contributed by atoms with Gasteiger partial charge in [0.1, 0.15) is 16.5 Å². The number of benzene rings is 1. The molecule has 0 amide bonds. The Kier molecular flexibility index (Phi) is 5.16. The number of alkyl halides is 2. The van der Waals surface area contributed by atoms with Crippen LogP contribution in [0.2, 0.25) is 10.2 Å². The number of nitrogens with zero attached hydrogens (tertiary/aromatic N) is 2. The third-order valence-corrected chi connectivity index (χ3v) is 6.07. The summed E-state index contributed by atoms with van der Waals surface area (Å²) >= 11 is 12.4. The molecule has 1 aliphatic carbocycles. The van der Waals surface area contributed by atoms with E-state index in [1.54, 1.807) is 34.9 Å². The summed E-state index contributed by atoms with van der Waals surface area (Å²) in [7, 11) is 0. The summed E-state index contributed by atoms with van der Waals surface area (Å²) in [5, 5.41) is 11.2. The molecule has 0 fully saturated rings. The van der Waals surface area contributed by atoms with Crippen molar-refractivity contribution in [3.63, 3.8) is 0 Å². The minimum absolute atomic E-state index is 0.00997. The molecule has 2 unspecified atom stereocenters. The third-order valence-electron chi connectivity index (χ3n) is 5.53. The van der Waals surface area contributed by atoms with Crippen molar-refractivity contribution in [1.82, 2.24) is 14.4 Å². The molecule has 0 spiro atoms. The highest BCUT2D eigenvalue weighted by atomic mass is 35.5. The van der Waals surface area contributed by atoms with Crippen LogP contribution in [-0.4, -0.2) is 26.1 Å². The summed E-state index contributed by atoms with van der Waals surface area (Å²) in [5.74, 6) is -0.493. The summed E-state index contributed by atoms with van der Waals surface area (Å²) in [4.78, 5) is 18.6. The SMILES string of the molecule is O=c1ccc(-c2ccc3nc4c(n3c2)C(c2cc(Cl)ccc2OC(F)F)CC4O)c(Cl)[nH]1. The van der Waals surface area contributed by atoms with Gasteiger partial charge in [0.05, 0.1) is 17.5 Å². The Labute approximate surface area is 190 Å². The normalized spacial score (nSPS) is 17.8. The molecule has 1 aromatic carbocycles. The fourth-order valence-electron chi connectivity index (χ4n) is 4.22. The van der Waals surface area contributed by atoms with Crippen LogP contribution in [0.25, 0.3) is 16.8 Å². The van der Waals surface area contributed by atoms with Crippen molar-refractivity contribution in [3.05, 3.63) is 86.1 Å². The number of fused-ring (bicyclic) bond motifs is 3.